The molecule has 164 valence electrons. The molecule has 3 aliphatic rings. The first-order valence-corrected chi connectivity index (χ1v) is 12.4. The van der Waals surface area contributed by atoms with E-state index < -0.39 is 10.0 Å². The number of benzene rings is 1. The summed E-state index contributed by atoms with van der Waals surface area (Å²) in [5, 5.41) is 0. The molecule has 1 N–H and O–H groups in total. The van der Waals surface area contributed by atoms with Gasteiger partial charge in [-0.25, -0.2) is 13.4 Å². The number of hydrogen-bond donors (Lipinski definition) is 1. The maximum Gasteiger partial charge on any atom is 0.263 e. The second-order valence-electron chi connectivity index (χ2n) is 8.49. The van der Waals surface area contributed by atoms with E-state index in [0.29, 0.717) is 17.9 Å². The first kappa shape index (κ1) is 20.2. The molecule has 5 rings (SSSR count). The zero-order chi connectivity index (χ0) is 21.6. The predicted octanol–water partition coefficient (Wildman–Crippen LogP) is 1.97. The van der Waals surface area contributed by atoms with Gasteiger partial charge >= 0.3 is 0 Å². The highest BCUT2D eigenvalue weighted by Crippen LogP contribution is 2.30. The molecule has 1 saturated heterocycles. The maximum atomic E-state index is 12.8. The average molecular weight is 442 g/mol. The molecule has 8 nitrogen and oxygen atoms in total. The van der Waals surface area contributed by atoms with Gasteiger partial charge < -0.3 is 9.47 Å². The third-order valence-electron chi connectivity index (χ3n) is 6.49. The highest BCUT2D eigenvalue weighted by Gasteiger charge is 2.32. The van der Waals surface area contributed by atoms with E-state index in [4.69, 9.17) is 4.98 Å². The minimum Gasteiger partial charge on any atom is -0.340 e. The number of amidine groups is 1. The number of nitrogens with zero attached hydrogens (tertiary/aromatic N) is 4. The van der Waals surface area contributed by atoms with Crippen molar-refractivity contribution in [2.24, 2.45) is 4.99 Å². The predicted molar refractivity (Wildman–Crippen MR) is 117 cm³/mol. The lowest BCUT2D eigenvalue weighted by Crippen LogP contribution is -2.30. The van der Waals surface area contributed by atoms with E-state index in [1.165, 1.54) is 24.2 Å². The van der Waals surface area contributed by atoms with E-state index in [2.05, 4.69) is 21.2 Å². The number of imidazole rings is 1. The Morgan fingerprint density at radius 1 is 1.26 bits per heavy atom. The van der Waals surface area contributed by atoms with Crippen LogP contribution in [-0.2, 0) is 27.7 Å². The number of nitrogens with one attached hydrogen (secondary N) is 1. The summed E-state index contributed by atoms with van der Waals surface area (Å²) in [6.45, 7) is 3.77. The van der Waals surface area contributed by atoms with Crippen LogP contribution in [0.4, 0.5) is 0 Å². The molecule has 31 heavy (non-hydrogen) atoms. The summed E-state index contributed by atoms with van der Waals surface area (Å²) in [4.78, 5) is 24.1. The molecule has 2 aliphatic heterocycles. The number of likely N-dealkylation sites (tertiary alicyclic amines) is 1. The first-order chi connectivity index (χ1) is 14.9. The molecule has 0 saturated carbocycles. The number of aliphatic imine (C=N–C) groups is 1. The zero-order valence-electron chi connectivity index (χ0n) is 17.7. The Morgan fingerprint density at radius 3 is 2.94 bits per heavy atom. The summed E-state index contributed by atoms with van der Waals surface area (Å²) in [7, 11) is -3.55. The van der Waals surface area contributed by atoms with E-state index in [0.717, 1.165) is 31.6 Å². The van der Waals surface area contributed by atoms with Crippen LogP contribution < -0.4 is 4.72 Å². The fraction of sp³-hybridized carbons (Fsp3) is 0.500. The van der Waals surface area contributed by atoms with Crippen molar-refractivity contribution >= 4 is 21.8 Å². The number of carbonyl (C=O) groups is 1. The van der Waals surface area contributed by atoms with Crippen LogP contribution in [-0.4, -0.2) is 54.2 Å². The van der Waals surface area contributed by atoms with Crippen LogP contribution in [0.3, 0.4) is 0 Å². The van der Waals surface area contributed by atoms with Gasteiger partial charge in [0.05, 0.1) is 23.2 Å². The third kappa shape index (κ3) is 3.64. The molecule has 3 heterocycles. The molecule has 1 aromatic carbocycles. The smallest absolute Gasteiger partial charge is 0.263 e. The summed E-state index contributed by atoms with van der Waals surface area (Å²) >= 11 is 0. The Hall–Kier alpha value is -2.68. The van der Waals surface area contributed by atoms with Gasteiger partial charge in [-0.3, -0.25) is 14.5 Å². The Morgan fingerprint density at radius 2 is 2.06 bits per heavy atom. The lowest BCUT2D eigenvalue weighted by atomic mass is 10.0. The molecule has 1 aliphatic carbocycles. The molecule has 1 amide bonds. The standard InChI is InChI=1S/C22H27N5O3S/c1-15-24-18-7-3-4-8-19(18)27(15)16-11-13-26(14-16)21(28)10-12-23-22-17-6-2-5-9-20(17)31(29,30)25-22/h2,5-6,9,16H,3-4,7-8,10-14H2,1H3,(H,23,25)/t16-/m0/s1. The van der Waals surface area contributed by atoms with Gasteiger partial charge in [0.2, 0.25) is 5.91 Å². The average Bonchev–Trinajstić information content (AvgIpc) is 3.42. The Kier molecular flexibility index (Phi) is 5.08. The molecular formula is C22H27N5O3S. The van der Waals surface area contributed by atoms with Crippen LogP contribution in [0, 0.1) is 6.92 Å². The van der Waals surface area contributed by atoms with Crippen LogP contribution in [0.2, 0.25) is 0 Å². The number of carbonyl (C=O) groups excluding carboxylic acids is 1. The van der Waals surface area contributed by atoms with Gasteiger partial charge in [0, 0.05) is 30.8 Å². The first-order valence-electron chi connectivity index (χ1n) is 10.9. The van der Waals surface area contributed by atoms with E-state index in [-0.39, 0.29) is 29.8 Å². The number of amides is 1. The van der Waals surface area contributed by atoms with Gasteiger partial charge in [-0.15, -0.1) is 0 Å². The van der Waals surface area contributed by atoms with Crippen molar-refractivity contribution in [3.8, 4) is 0 Å². The molecular weight excluding hydrogens is 414 g/mol. The third-order valence-corrected chi connectivity index (χ3v) is 7.88. The lowest BCUT2D eigenvalue weighted by molar-refractivity contribution is -0.130. The van der Waals surface area contributed by atoms with E-state index >= 15 is 0 Å². The quantitative estimate of drug-likeness (QED) is 0.785. The van der Waals surface area contributed by atoms with Crippen molar-refractivity contribution in [1.82, 2.24) is 19.2 Å². The Bertz CT molecular complexity index is 1170. The summed E-state index contributed by atoms with van der Waals surface area (Å²) in [6, 6.07) is 7.05. The van der Waals surface area contributed by atoms with Crippen molar-refractivity contribution in [2.75, 3.05) is 19.6 Å². The summed E-state index contributed by atoms with van der Waals surface area (Å²) in [5.74, 6) is 1.45. The highest BCUT2D eigenvalue weighted by molar-refractivity contribution is 7.90. The van der Waals surface area contributed by atoms with Gasteiger partial charge in [0.1, 0.15) is 11.7 Å². The molecule has 1 aromatic heterocycles. The van der Waals surface area contributed by atoms with Crippen LogP contribution >= 0.6 is 0 Å². The number of rotatable bonds is 4. The number of aromatic nitrogens is 2. The van der Waals surface area contributed by atoms with Crippen LogP contribution in [0.15, 0.2) is 34.2 Å². The van der Waals surface area contributed by atoms with Crippen LogP contribution in [0.5, 0.6) is 0 Å². The summed E-state index contributed by atoms with van der Waals surface area (Å²) in [6.07, 6.45) is 5.77. The van der Waals surface area contributed by atoms with Gasteiger partial charge in [0.15, 0.2) is 0 Å². The molecule has 2 aromatic rings. The van der Waals surface area contributed by atoms with E-state index in [1.54, 1.807) is 24.3 Å². The minimum absolute atomic E-state index is 0.0626. The van der Waals surface area contributed by atoms with Crippen molar-refractivity contribution in [3.05, 3.63) is 47.0 Å². The normalized spacial score (nSPS) is 22.9. The summed E-state index contributed by atoms with van der Waals surface area (Å²) < 4.78 is 29.2. The van der Waals surface area contributed by atoms with Gasteiger partial charge in [-0.05, 0) is 51.2 Å². The van der Waals surface area contributed by atoms with Gasteiger partial charge in [-0.1, -0.05) is 12.1 Å². The maximum absolute atomic E-state index is 12.8. The Labute approximate surface area is 182 Å². The van der Waals surface area contributed by atoms with Crippen LogP contribution in [0.1, 0.15) is 54.5 Å². The lowest BCUT2D eigenvalue weighted by Gasteiger charge is -2.21. The monoisotopic (exact) mass is 441 g/mol. The zero-order valence-corrected chi connectivity index (χ0v) is 18.5. The molecule has 1 atom stereocenters. The highest BCUT2D eigenvalue weighted by atomic mass is 32.2. The van der Waals surface area contributed by atoms with Gasteiger partial charge in [-0.2, -0.15) is 0 Å². The SMILES string of the molecule is Cc1nc2c(n1[C@H]1CCN(C(=O)CCN=C3NS(=O)(=O)c4ccccc43)C1)CCCC2. The molecule has 1 fully saturated rings. The van der Waals surface area contributed by atoms with E-state index in [1.807, 2.05) is 4.90 Å². The van der Waals surface area contributed by atoms with E-state index in [9.17, 15) is 13.2 Å². The number of sulfonamides is 1. The fourth-order valence-electron chi connectivity index (χ4n) is 5.03. The minimum atomic E-state index is -3.55. The van der Waals surface area contributed by atoms with Crippen molar-refractivity contribution < 1.29 is 13.2 Å². The van der Waals surface area contributed by atoms with Crippen molar-refractivity contribution in [2.45, 2.75) is 56.4 Å². The topological polar surface area (TPSA) is 96.7 Å². The van der Waals surface area contributed by atoms with Crippen LogP contribution in [0.25, 0.3) is 0 Å². The fourth-order valence-corrected chi connectivity index (χ4v) is 6.29. The second kappa shape index (κ2) is 7.78. The molecule has 0 radical (unpaired) electrons. The Balaban J connectivity index is 1.22. The van der Waals surface area contributed by atoms with Crippen molar-refractivity contribution in [1.29, 1.82) is 0 Å². The second-order valence-corrected chi connectivity index (χ2v) is 10.1. The number of aryl methyl sites for hydroxylation is 2. The van der Waals surface area contributed by atoms with Gasteiger partial charge in [0.25, 0.3) is 10.0 Å². The largest absolute Gasteiger partial charge is 0.340 e. The molecule has 0 spiro atoms. The molecule has 9 heteroatoms. The molecule has 0 bridgehead atoms. The molecule has 0 unspecified atom stereocenters. The van der Waals surface area contributed by atoms with Crippen molar-refractivity contribution in [3.63, 3.8) is 0 Å². The number of fused-ring (bicyclic) bond motifs is 2. The number of hydrogen-bond acceptors (Lipinski definition) is 5. The summed E-state index contributed by atoms with van der Waals surface area (Å²) in [5.41, 5.74) is 3.17.